The zero-order valence-electron chi connectivity index (χ0n) is 70.1. The highest BCUT2D eigenvalue weighted by Gasteiger charge is 2.46. The van der Waals surface area contributed by atoms with Gasteiger partial charge in [-0.2, -0.15) is 0 Å². The molecule has 0 bridgehead atoms. The van der Waals surface area contributed by atoms with Gasteiger partial charge in [0, 0.05) is 66.4 Å². The maximum absolute atomic E-state index is 9.61. The van der Waals surface area contributed by atoms with Gasteiger partial charge in [-0.1, -0.05) is 274 Å². The first-order valence-electron chi connectivity index (χ1n) is 40.6. The summed E-state index contributed by atoms with van der Waals surface area (Å²) in [6.45, 7) is 34.1. The van der Waals surface area contributed by atoms with E-state index in [4.69, 9.17) is 9.90 Å². The number of aromatic nitrogens is 2. The topological polar surface area (TPSA) is 29.5 Å². The molecule has 0 N–H and O–H groups in total. The van der Waals surface area contributed by atoms with Crippen LogP contribution in [0.4, 0.5) is 34.1 Å². The molecule has 0 unspecified atom stereocenters. The first kappa shape index (κ1) is 56.5. The number of anilines is 6. The predicted molar refractivity (Wildman–Crippen MR) is 446 cm³/mol. The van der Waals surface area contributed by atoms with Crippen molar-refractivity contribution >= 4 is 123 Å². The highest BCUT2D eigenvalue weighted by Crippen LogP contribution is 2.52. The van der Waals surface area contributed by atoms with Gasteiger partial charge in [0.15, 0.2) is 11.2 Å². The molecular weight excluding hydrogens is 1260 g/mol. The molecule has 0 saturated heterocycles. The molecule has 0 saturated carbocycles. The van der Waals surface area contributed by atoms with Gasteiger partial charge < -0.3 is 23.4 Å². The van der Waals surface area contributed by atoms with Crippen LogP contribution >= 0.6 is 0 Å². The molecule has 3 aromatic heterocycles. The SMILES string of the molecule is [2H]c1c([2H])c([2H])c2c(c1[2H])c1c([2H])c([2H])c([2H])c([2H])c1n2-c1cccc2c1oc1c(N3c4cc(-n5c6ccc(C(C)(C)C)cc6c6cc(C(C)(C)C)ccc65)ccc4B4c5ccc(-c6cc(C(C)(C)C)cc(C(C)(C)C)c6)cc5N(c5cc(-c6ccccc6)cc(-c6ccccc6)c5)c5cc(C(C)(C)C)cc3c54)cccc12. The van der Waals surface area contributed by atoms with E-state index < -0.39 is 41.7 Å². The number of hydrogen-bond donors (Lipinski definition) is 0. The Labute approximate surface area is 624 Å². The number of benzene rings is 13. The van der Waals surface area contributed by atoms with E-state index in [1.165, 1.54) is 33.0 Å². The van der Waals surface area contributed by atoms with E-state index in [9.17, 15) is 5.48 Å². The fourth-order valence-electron chi connectivity index (χ4n) is 16.3. The zero-order chi connectivity index (χ0) is 78.8. The first-order valence-corrected chi connectivity index (χ1v) is 36.6. The van der Waals surface area contributed by atoms with Crippen molar-refractivity contribution in [3.05, 3.63) is 295 Å². The maximum Gasteiger partial charge on any atom is 0.252 e. The minimum absolute atomic E-state index is 0.00698. The van der Waals surface area contributed by atoms with Crippen LogP contribution in [-0.4, -0.2) is 15.8 Å². The van der Waals surface area contributed by atoms with E-state index in [-0.39, 0.29) is 62.3 Å². The van der Waals surface area contributed by atoms with E-state index in [2.05, 4.69) is 318 Å². The molecule has 0 radical (unpaired) electrons. The summed E-state index contributed by atoms with van der Waals surface area (Å²) in [6, 6.07) is 77.2. The molecule has 0 amide bonds. The molecule has 2 aliphatic rings. The van der Waals surface area contributed by atoms with Gasteiger partial charge in [0.25, 0.3) is 6.71 Å². The summed E-state index contributed by atoms with van der Waals surface area (Å²) in [4.78, 5) is 4.99. The Morgan fingerprint density at radius 3 is 1.27 bits per heavy atom. The Hall–Kier alpha value is -11.1. The second-order valence-corrected chi connectivity index (χ2v) is 34.1. The van der Waals surface area contributed by atoms with Crippen LogP contribution in [0.15, 0.2) is 271 Å². The molecule has 510 valence electrons. The van der Waals surface area contributed by atoms with Gasteiger partial charge in [-0.05, 0) is 202 Å². The van der Waals surface area contributed by atoms with Gasteiger partial charge in [0.1, 0.15) is 0 Å². The summed E-state index contributed by atoms with van der Waals surface area (Å²) in [7, 11) is 0. The van der Waals surface area contributed by atoms with Crippen LogP contribution in [0.5, 0.6) is 0 Å². The molecule has 0 aliphatic carbocycles. The molecule has 13 aromatic carbocycles. The van der Waals surface area contributed by atoms with Crippen molar-refractivity contribution in [2.24, 2.45) is 0 Å². The van der Waals surface area contributed by atoms with Crippen molar-refractivity contribution in [2.45, 2.75) is 131 Å². The highest BCUT2D eigenvalue weighted by molar-refractivity contribution is 7.00. The third-order valence-electron chi connectivity index (χ3n) is 22.1. The van der Waals surface area contributed by atoms with Crippen LogP contribution < -0.4 is 26.2 Å². The Morgan fingerprint density at radius 1 is 0.279 bits per heavy atom. The number of fused-ring (bicyclic) bond motifs is 13. The number of rotatable bonds is 7. The zero-order valence-corrected chi connectivity index (χ0v) is 62.1. The minimum Gasteiger partial charge on any atom is -0.452 e. The van der Waals surface area contributed by atoms with Crippen molar-refractivity contribution in [1.29, 1.82) is 0 Å². The van der Waals surface area contributed by atoms with E-state index in [0.29, 0.717) is 22.2 Å². The van der Waals surface area contributed by atoms with Crippen LogP contribution in [0.25, 0.3) is 110 Å². The average Bonchev–Trinajstić information content (AvgIpc) is 1.61. The van der Waals surface area contributed by atoms with Crippen LogP contribution in [0.2, 0.25) is 0 Å². The lowest BCUT2D eigenvalue weighted by Gasteiger charge is -2.45. The Balaban J connectivity index is 0.978. The molecule has 2 aliphatic heterocycles. The smallest absolute Gasteiger partial charge is 0.252 e. The van der Waals surface area contributed by atoms with Crippen molar-refractivity contribution in [3.8, 4) is 44.8 Å². The fourth-order valence-corrected chi connectivity index (χ4v) is 16.3. The Morgan fingerprint density at radius 2 is 0.740 bits per heavy atom. The molecule has 6 heteroatoms. The van der Waals surface area contributed by atoms with Gasteiger partial charge in [0.05, 0.1) is 44.4 Å². The molecule has 0 fully saturated rings. The summed E-state index contributed by atoms with van der Waals surface area (Å²) in [6.07, 6.45) is 0. The molecule has 5 nitrogen and oxygen atoms in total. The maximum atomic E-state index is 9.61. The van der Waals surface area contributed by atoms with E-state index >= 15 is 0 Å². The lowest BCUT2D eigenvalue weighted by atomic mass is 9.33. The van der Waals surface area contributed by atoms with Crippen LogP contribution in [0.3, 0.4) is 0 Å². The van der Waals surface area contributed by atoms with Crippen LogP contribution in [0, 0.1) is 0 Å². The second kappa shape index (κ2) is 23.2. The Kier molecular flexibility index (Phi) is 12.6. The third-order valence-corrected chi connectivity index (χ3v) is 22.1. The van der Waals surface area contributed by atoms with Crippen molar-refractivity contribution < 1.29 is 15.4 Å². The molecule has 0 atom stereocenters. The molecule has 5 heterocycles. The monoisotopic (exact) mass is 1360 g/mol. The molecular formula is C98H89BN4O. The molecule has 0 spiro atoms. The van der Waals surface area contributed by atoms with E-state index in [1.807, 2.05) is 12.1 Å². The summed E-state index contributed by atoms with van der Waals surface area (Å²) in [5.41, 5.74) is 25.3. The highest BCUT2D eigenvalue weighted by atomic mass is 16.3. The van der Waals surface area contributed by atoms with Crippen molar-refractivity contribution in [3.63, 3.8) is 0 Å². The number of furan rings is 1. The summed E-state index contributed by atoms with van der Waals surface area (Å²) in [5, 5.41) is 3.80. The number of nitrogens with zero attached hydrogens (tertiary/aromatic N) is 4. The lowest BCUT2D eigenvalue weighted by Crippen LogP contribution is -2.61. The normalized spacial score (nSPS) is 14.5. The lowest BCUT2D eigenvalue weighted by molar-refractivity contribution is 0.569. The Bertz CT molecular complexity index is 6470. The predicted octanol–water partition coefficient (Wildman–Crippen LogP) is 25.4. The van der Waals surface area contributed by atoms with Gasteiger partial charge in [-0.15, -0.1) is 0 Å². The average molecular weight is 1360 g/mol. The third kappa shape index (κ3) is 10.5. The molecule has 16 aromatic rings. The quantitative estimate of drug-likeness (QED) is 0.149. The summed E-state index contributed by atoms with van der Waals surface area (Å²) in [5.74, 6) is 0. The molecule has 104 heavy (non-hydrogen) atoms. The van der Waals surface area contributed by atoms with E-state index in [1.54, 1.807) is 10.6 Å². The second-order valence-electron chi connectivity index (χ2n) is 34.1. The summed E-state index contributed by atoms with van der Waals surface area (Å²) >= 11 is 0. The minimum atomic E-state index is -0.506. The number of hydrogen-bond acceptors (Lipinski definition) is 3. The van der Waals surface area contributed by atoms with Crippen LogP contribution in [-0.2, 0) is 27.1 Å². The van der Waals surface area contributed by atoms with Gasteiger partial charge in [-0.25, -0.2) is 0 Å². The van der Waals surface area contributed by atoms with Gasteiger partial charge in [0.2, 0.25) is 0 Å². The number of para-hydroxylation sites is 4. The van der Waals surface area contributed by atoms with Crippen molar-refractivity contribution in [2.75, 3.05) is 9.80 Å². The fraction of sp³-hybridized carbons (Fsp3) is 0.204. The summed E-state index contributed by atoms with van der Waals surface area (Å²) < 4.78 is 85.7. The standard InChI is InChI=1S/C98H89BN4O/c1-94(2,3)66-41-46-83-77(55-66)78-56-67(95(4,5)6)42-47-84(78)100(83)71-43-45-80-88(59-71)103(86-39-27-35-76-75-34-26-38-85(92(75)104-93(76)86)102-81-36-24-22-32-73(81)74-33-23-25-37-82(74)102)90-58-70(98(13,14)15)57-89-91(90)99(80)79-44-40-62(65-49-68(96(7,8)9)54-69(50-65)97(10,11)12)53-87(79)101(89)72-51-63(60-28-18-16-19-29-60)48-64(52-72)61-30-20-17-21-31-61/h16-59H,1-15H3/i22D,23D,24D,25D,32D,33D,36D,37D. The first-order chi connectivity index (χ1) is 53.0. The van der Waals surface area contributed by atoms with E-state index in [0.717, 1.165) is 112 Å². The van der Waals surface area contributed by atoms with Gasteiger partial charge in [-0.3, -0.25) is 0 Å². The largest absolute Gasteiger partial charge is 0.452 e. The van der Waals surface area contributed by atoms with Crippen molar-refractivity contribution in [1.82, 2.24) is 9.13 Å². The van der Waals surface area contributed by atoms with Crippen LogP contribution in [0.1, 0.15) is 143 Å². The van der Waals surface area contributed by atoms with Gasteiger partial charge >= 0.3 is 0 Å². The molecule has 18 rings (SSSR count).